The molecule has 2 N–H and O–H groups in total. The van der Waals surface area contributed by atoms with Gasteiger partial charge in [0.2, 0.25) is 0 Å². The van der Waals surface area contributed by atoms with Gasteiger partial charge in [0.25, 0.3) is 0 Å². The minimum atomic E-state index is 0.260. The number of hydrogen-bond donors (Lipinski definition) is 1. The lowest BCUT2D eigenvalue weighted by atomic mass is 9.70. The molecule has 2 fully saturated rings. The van der Waals surface area contributed by atoms with Gasteiger partial charge in [-0.2, -0.15) is 0 Å². The molecular weight excluding hydrogens is 212 g/mol. The normalized spacial score (nSPS) is 37.8. The van der Waals surface area contributed by atoms with E-state index in [4.69, 9.17) is 10.5 Å². The van der Waals surface area contributed by atoms with Crippen LogP contribution in [-0.2, 0) is 4.74 Å². The van der Waals surface area contributed by atoms with Gasteiger partial charge in [-0.05, 0) is 51.1 Å². The van der Waals surface area contributed by atoms with Gasteiger partial charge in [0, 0.05) is 18.7 Å². The molecule has 0 amide bonds. The molecule has 0 aromatic carbocycles. The number of hydrogen-bond acceptors (Lipinski definition) is 3. The van der Waals surface area contributed by atoms with E-state index in [9.17, 15) is 0 Å². The fourth-order valence-corrected chi connectivity index (χ4v) is 3.28. The van der Waals surface area contributed by atoms with Crippen LogP contribution in [0.3, 0.4) is 0 Å². The first-order chi connectivity index (χ1) is 8.01. The maximum Gasteiger partial charge on any atom is 0.0611 e. The van der Waals surface area contributed by atoms with Crippen LogP contribution >= 0.6 is 0 Å². The summed E-state index contributed by atoms with van der Waals surface area (Å²) in [7, 11) is 0. The monoisotopic (exact) mass is 240 g/mol. The number of piperidine rings is 1. The third-order valence-corrected chi connectivity index (χ3v) is 4.79. The summed E-state index contributed by atoms with van der Waals surface area (Å²) in [6.07, 6.45) is 5.33. The Kier molecular flexibility index (Phi) is 3.81. The van der Waals surface area contributed by atoms with Gasteiger partial charge in [-0.3, -0.25) is 4.90 Å². The Morgan fingerprint density at radius 2 is 1.82 bits per heavy atom. The Hall–Kier alpha value is -0.120. The number of likely N-dealkylation sites (tertiary alicyclic amines) is 1. The molecule has 3 heteroatoms. The van der Waals surface area contributed by atoms with Crippen molar-refractivity contribution in [2.24, 2.45) is 11.1 Å². The van der Waals surface area contributed by atoms with Crippen molar-refractivity contribution < 1.29 is 4.74 Å². The predicted molar refractivity (Wildman–Crippen MR) is 71.0 cm³/mol. The summed E-state index contributed by atoms with van der Waals surface area (Å²) in [6, 6.07) is 0. The van der Waals surface area contributed by atoms with Crippen molar-refractivity contribution in [3.8, 4) is 0 Å². The van der Waals surface area contributed by atoms with Gasteiger partial charge in [-0.25, -0.2) is 0 Å². The van der Waals surface area contributed by atoms with E-state index in [1.54, 1.807) is 0 Å². The van der Waals surface area contributed by atoms with E-state index < -0.39 is 0 Å². The fraction of sp³-hybridized carbons (Fsp3) is 1.00. The van der Waals surface area contributed by atoms with Gasteiger partial charge < -0.3 is 10.5 Å². The molecule has 17 heavy (non-hydrogen) atoms. The molecule has 0 bridgehead atoms. The molecule has 1 saturated heterocycles. The molecule has 100 valence electrons. The maximum absolute atomic E-state index is 6.03. The van der Waals surface area contributed by atoms with Gasteiger partial charge in [-0.1, -0.05) is 13.8 Å². The van der Waals surface area contributed by atoms with E-state index in [2.05, 4.69) is 25.7 Å². The van der Waals surface area contributed by atoms with Crippen LogP contribution in [0, 0.1) is 5.41 Å². The molecule has 0 aromatic heterocycles. The van der Waals surface area contributed by atoms with Crippen LogP contribution in [0.1, 0.15) is 46.5 Å². The van der Waals surface area contributed by atoms with Gasteiger partial charge in [-0.15, -0.1) is 0 Å². The van der Waals surface area contributed by atoms with Crippen LogP contribution < -0.4 is 5.73 Å². The summed E-state index contributed by atoms with van der Waals surface area (Å²) < 4.78 is 5.68. The lowest BCUT2D eigenvalue weighted by Crippen LogP contribution is -2.65. The zero-order chi connectivity index (χ0) is 12.5. The number of ether oxygens (including phenoxy) is 1. The highest BCUT2D eigenvalue weighted by atomic mass is 16.5. The van der Waals surface area contributed by atoms with E-state index in [0.29, 0.717) is 11.5 Å². The number of nitrogens with zero attached hydrogens (tertiary/aromatic N) is 1. The molecule has 3 nitrogen and oxygen atoms in total. The first-order valence-electron chi connectivity index (χ1n) is 7.08. The maximum atomic E-state index is 6.03. The van der Waals surface area contributed by atoms with Crippen molar-refractivity contribution >= 4 is 0 Å². The molecule has 1 saturated carbocycles. The Labute approximate surface area is 106 Å². The first-order valence-corrected chi connectivity index (χ1v) is 7.08. The van der Waals surface area contributed by atoms with E-state index in [1.807, 2.05) is 0 Å². The molecule has 0 atom stereocenters. The summed E-state index contributed by atoms with van der Waals surface area (Å²) in [6.45, 7) is 10.9. The molecule has 1 heterocycles. The number of rotatable bonds is 4. The highest BCUT2D eigenvalue weighted by Gasteiger charge is 2.49. The second-order valence-electron chi connectivity index (χ2n) is 6.57. The van der Waals surface area contributed by atoms with E-state index in [1.165, 1.54) is 25.9 Å². The van der Waals surface area contributed by atoms with Gasteiger partial charge in [0.15, 0.2) is 0 Å². The van der Waals surface area contributed by atoms with Gasteiger partial charge >= 0.3 is 0 Å². The van der Waals surface area contributed by atoms with Crippen LogP contribution in [0.2, 0.25) is 0 Å². The van der Waals surface area contributed by atoms with Crippen LogP contribution in [-0.4, -0.2) is 42.8 Å². The summed E-state index contributed by atoms with van der Waals surface area (Å²) >= 11 is 0. The third-order valence-electron chi connectivity index (χ3n) is 4.79. The highest BCUT2D eigenvalue weighted by Crippen LogP contribution is 2.42. The second kappa shape index (κ2) is 4.87. The lowest BCUT2D eigenvalue weighted by Gasteiger charge is -2.56. The molecule has 0 radical (unpaired) electrons. The lowest BCUT2D eigenvalue weighted by molar-refractivity contribution is -0.112. The minimum Gasteiger partial charge on any atom is -0.378 e. The second-order valence-corrected chi connectivity index (χ2v) is 6.57. The van der Waals surface area contributed by atoms with Crippen molar-refractivity contribution in [3.63, 3.8) is 0 Å². The zero-order valence-corrected chi connectivity index (χ0v) is 11.7. The topological polar surface area (TPSA) is 38.5 Å². The zero-order valence-electron chi connectivity index (χ0n) is 11.7. The average molecular weight is 240 g/mol. The molecule has 0 unspecified atom stereocenters. The Bertz CT molecular complexity index is 249. The van der Waals surface area contributed by atoms with Crippen LogP contribution in [0.25, 0.3) is 0 Å². The smallest absolute Gasteiger partial charge is 0.0611 e. The molecule has 0 spiro atoms. The van der Waals surface area contributed by atoms with Crippen molar-refractivity contribution in [1.82, 2.24) is 4.90 Å². The van der Waals surface area contributed by atoms with Crippen LogP contribution in [0.4, 0.5) is 0 Å². The fourth-order valence-electron chi connectivity index (χ4n) is 3.28. The van der Waals surface area contributed by atoms with Crippen LogP contribution in [0.5, 0.6) is 0 Å². The number of nitrogens with two attached hydrogens (primary N) is 1. The van der Waals surface area contributed by atoms with Crippen LogP contribution in [0.15, 0.2) is 0 Å². The van der Waals surface area contributed by atoms with E-state index >= 15 is 0 Å². The molecule has 2 aliphatic rings. The summed E-state index contributed by atoms with van der Waals surface area (Å²) in [5, 5.41) is 0. The summed E-state index contributed by atoms with van der Waals surface area (Å²) in [5.41, 5.74) is 6.81. The molecule has 1 aliphatic heterocycles. The van der Waals surface area contributed by atoms with Gasteiger partial charge in [0.05, 0.1) is 6.10 Å². The highest BCUT2D eigenvalue weighted by molar-refractivity contribution is 5.05. The van der Waals surface area contributed by atoms with Crippen molar-refractivity contribution in [1.29, 1.82) is 0 Å². The van der Waals surface area contributed by atoms with Crippen molar-refractivity contribution in [2.45, 2.75) is 58.1 Å². The molecule has 0 aromatic rings. The average Bonchev–Trinajstić information content (AvgIpc) is 2.24. The SMILES string of the molecule is CCOC1CC(CN)(N2CCC(C)(C)CC2)C1. The largest absolute Gasteiger partial charge is 0.378 e. The van der Waals surface area contributed by atoms with E-state index in [-0.39, 0.29) is 5.54 Å². The molecular formula is C14H28N2O. The predicted octanol–water partition coefficient (Wildman–Crippen LogP) is 2.00. The Balaban J connectivity index is 1.89. The minimum absolute atomic E-state index is 0.260. The van der Waals surface area contributed by atoms with Crippen molar-refractivity contribution in [2.75, 3.05) is 26.2 Å². The first kappa shape index (κ1) is 13.3. The molecule has 1 aliphatic carbocycles. The van der Waals surface area contributed by atoms with Crippen molar-refractivity contribution in [3.05, 3.63) is 0 Å². The van der Waals surface area contributed by atoms with E-state index in [0.717, 1.165) is 26.0 Å². The summed E-state index contributed by atoms with van der Waals surface area (Å²) in [4.78, 5) is 2.63. The Morgan fingerprint density at radius 3 is 2.29 bits per heavy atom. The molecule has 2 rings (SSSR count). The van der Waals surface area contributed by atoms with Gasteiger partial charge in [0.1, 0.15) is 0 Å². The quantitative estimate of drug-likeness (QED) is 0.817. The summed E-state index contributed by atoms with van der Waals surface area (Å²) in [5.74, 6) is 0. The standard InChI is InChI=1S/C14H28N2O/c1-4-17-12-9-14(10-12,11-15)16-7-5-13(2,3)6-8-16/h12H,4-11,15H2,1-3H3. The third kappa shape index (κ3) is 2.67. The Morgan fingerprint density at radius 1 is 1.24 bits per heavy atom.